The summed E-state index contributed by atoms with van der Waals surface area (Å²) >= 11 is 0. The third-order valence-electron chi connectivity index (χ3n) is 7.97. The normalized spacial score (nSPS) is 13.0. The standard InChI is InChI=1S/C36H47N3O5/c1-10-36(8,9)39(33(42)30(38-34(43)44-35(5,6)7)22-26-18-20-27(40)21-19-26)31(28-16-13-15-23(2)25(28)4)32(41)37-29-17-12-11-14-24(29)3/h11-21,30-31,40H,10,22H2,1-9H3,(H,37,41)(H,38,43). The van der Waals surface area contributed by atoms with Gasteiger partial charge in [0.25, 0.3) is 5.91 Å². The molecular weight excluding hydrogens is 554 g/mol. The number of phenols is 1. The molecule has 0 heterocycles. The first-order valence-electron chi connectivity index (χ1n) is 15.1. The Bertz CT molecular complexity index is 1470. The van der Waals surface area contributed by atoms with Crippen molar-refractivity contribution in [1.29, 1.82) is 0 Å². The van der Waals surface area contributed by atoms with Crippen molar-refractivity contribution in [1.82, 2.24) is 10.2 Å². The highest BCUT2D eigenvalue weighted by molar-refractivity contribution is 6.00. The SMILES string of the molecule is CCC(C)(C)N(C(=O)C(Cc1ccc(O)cc1)NC(=O)OC(C)(C)C)C(C(=O)Nc1ccccc1C)c1cccc(C)c1C. The average molecular weight is 602 g/mol. The second-order valence-electron chi connectivity index (χ2n) is 12.9. The zero-order chi connectivity index (χ0) is 32.8. The highest BCUT2D eigenvalue weighted by atomic mass is 16.6. The minimum atomic E-state index is -1.07. The monoisotopic (exact) mass is 601 g/mol. The number of aromatic hydroxyl groups is 1. The number of phenolic OH excluding ortho intramolecular Hbond substituents is 1. The molecule has 0 bridgehead atoms. The fourth-order valence-electron chi connectivity index (χ4n) is 5.01. The predicted octanol–water partition coefficient (Wildman–Crippen LogP) is 7.15. The molecule has 3 rings (SSSR count). The molecule has 8 heteroatoms. The molecule has 3 aromatic carbocycles. The van der Waals surface area contributed by atoms with Crippen molar-refractivity contribution in [3.05, 3.63) is 94.5 Å². The first-order valence-corrected chi connectivity index (χ1v) is 15.1. The molecule has 0 saturated heterocycles. The summed E-state index contributed by atoms with van der Waals surface area (Å²) in [6.07, 6.45) is -0.0829. The van der Waals surface area contributed by atoms with Gasteiger partial charge in [0.15, 0.2) is 0 Å². The molecule has 44 heavy (non-hydrogen) atoms. The van der Waals surface area contributed by atoms with E-state index < -0.39 is 35.2 Å². The van der Waals surface area contributed by atoms with Gasteiger partial charge in [-0.15, -0.1) is 0 Å². The Morgan fingerprint density at radius 3 is 2.07 bits per heavy atom. The molecule has 0 aliphatic heterocycles. The highest BCUT2D eigenvalue weighted by Crippen LogP contribution is 2.35. The number of rotatable bonds is 10. The maximum absolute atomic E-state index is 14.9. The third kappa shape index (κ3) is 8.62. The van der Waals surface area contributed by atoms with Gasteiger partial charge in [0, 0.05) is 17.6 Å². The van der Waals surface area contributed by atoms with Crippen molar-refractivity contribution in [2.45, 2.75) is 98.4 Å². The van der Waals surface area contributed by atoms with Gasteiger partial charge < -0.3 is 25.4 Å². The molecule has 2 atom stereocenters. The van der Waals surface area contributed by atoms with Crippen molar-refractivity contribution in [2.24, 2.45) is 0 Å². The van der Waals surface area contributed by atoms with Gasteiger partial charge in [0.2, 0.25) is 5.91 Å². The Hall–Kier alpha value is -4.33. The number of amides is 3. The number of hydrogen-bond donors (Lipinski definition) is 3. The smallest absolute Gasteiger partial charge is 0.408 e. The van der Waals surface area contributed by atoms with E-state index in [4.69, 9.17) is 4.74 Å². The second-order valence-corrected chi connectivity index (χ2v) is 12.9. The van der Waals surface area contributed by atoms with E-state index >= 15 is 0 Å². The van der Waals surface area contributed by atoms with Crippen LogP contribution in [0.2, 0.25) is 0 Å². The van der Waals surface area contributed by atoms with Gasteiger partial charge in [0.05, 0.1) is 0 Å². The summed E-state index contributed by atoms with van der Waals surface area (Å²) in [4.78, 5) is 44.0. The number of para-hydroxylation sites is 1. The van der Waals surface area contributed by atoms with Gasteiger partial charge >= 0.3 is 6.09 Å². The molecule has 8 nitrogen and oxygen atoms in total. The first-order chi connectivity index (χ1) is 20.5. The van der Waals surface area contributed by atoms with E-state index in [0.29, 0.717) is 17.7 Å². The van der Waals surface area contributed by atoms with Crippen molar-refractivity contribution in [2.75, 3.05) is 5.32 Å². The molecule has 3 amide bonds. The van der Waals surface area contributed by atoms with E-state index in [-0.39, 0.29) is 18.1 Å². The van der Waals surface area contributed by atoms with Crippen molar-refractivity contribution < 1.29 is 24.2 Å². The van der Waals surface area contributed by atoms with Crippen LogP contribution in [-0.4, -0.2) is 45.1 Å². The van der Waals surface area contributed by atoms with Crippen LogP contribution >= 0.6 is 0 Å². The van der Waals surface area contributed by atoms with Crippen molar-refractivity contribution in [3.63, 3.8) is 0 Å². The van der Waals surface area contributed by atoms with Gasteiger partial charge in [-0.3, -0.25) is 9.59 Å². The van der Waals surface area contributed by atoms with Crippen LogP contribution in [0.15, 0.2) is 66.7 Å². The minimum absolute atomic E-state index is 0.0911. The number of nitrogens with zero attached hydrogens (tertiary/aromatic N) is 1. The lowest BCUT2D eigenvalue weighted by Crippen LogP contribution is -2.59. The quantitative estimate of drug-likeness (QED) is 0.229. The number of carbonyl (C=O) groups excluding carboxylic acids is 3. The molecule has 0 saturated carbocycles. The van der Waals surface area contributed by atoms with E-state index in [2.05, 4.69) is 10.6 Å². The number of ether oxygens (including phenoxy) is 1. The molecule has 3 aromatic rings. The topological polar surface area (TPSA) is 108 Å². The van der Waals surface area contributed by atoms with E-state index in [9.17, 15) is 19.5 Å². The minimum Gasteiger partial charge on any atom is -0.508 e. The van der Waals surface area contributed by atoms with E-state index in [1.165, 1.54) is 12.1 Å². The Morgan fingerprint density at radius 1 is 0.864 bits per heavy atom. The third-order valence-corrected chi connectivity index (χ3v) is 7.97. The van der Waals surface area contributed by atoms with Gasteiger partial charge in [-0.05, 0) is 108 Å². The molecular formula is C36H47N3O5. The lowest BCUT2D eigenvalue weighted by molar-refractivity contribution is -0.147. The van der Waals surface area contributed by atoms with E-state index in [1.807, 2.05) is 84.0 Å². The molecule has 2 unspecified atom stereocenters. The summed E-state index contributed by atoms with van der Waals surface area (Å²) in [5.41, 5.74) is 3.28. The van der Waals surface area contributed by atoms with E-state index in [1.54, 1.807) is 37.8 Å². The molecule has 0 aliphatic carbocycles. The molecule has 0 spiro atoms. The average Bonchev–Trinajstić information content (AvgIpc) is 2.94. The van der Waals surface area contributed by atoms with Gasteiger partial charge in [-0.25, -0.2) is 4.79 Å². The highest BCUT2D eigenvalue weighted by Gasteiger charge is 2.43. The Kier molecular flexibility index (Phi) is 10.8. The summed E-state index contributed by atoms with van der Waals surface area (Å²) in [7, 11) is 0. The van der Waals surface area contributed by atoms with E-state index in [0.717, 1.165) is 22.3 Å². The summed E-state index contributed by atoms with van der Waals surface area (Å²) in [5.74, 6) is -0.696. The van der Waals surface area contributed by atoms with Gasteiger partial charge in [-0.2, -0.15) is 0 Å². The number of anilines is 1. The van der Waals surface area contributed by atoms with Gasteiger partial charge in [0.1, 0.15) is 23.4 Å². The maximum Gasteiger partial charge on any atom is 0.408 e. The number of carbonyl (C=O) groups is 3. The summed E-state index contributed by atoms with van der Waals surface area (Å²) in [6, 6.07) is 17.6. The Balaban J connectivity index is 2.19. The van der Waals surface area contributed by atoms with Crippen LogP contribution in [0.5, 0.6) is 5.75 Å². The Morgan fingerprint density at radius 2 is 1.48 bits per heavy atom. The fourth-order valence-corrected chi connectivity index (χ4v) is 5.01. The van der Waals surface area contributed by atoms with Crippen LogP contribution in [0, 0.1) is 20.8 Å². The Labute approximate surface area is 261 Å². The molecule has 3 N–H and O–H groups in total. The largest absolute Gasteiger partial charge is 0.508 e. The lowest BCUT2D eigenvalue weighted by atomic mass is 9.88. The summed E-state index contributed by atoms with van der Waals surface area (Å²) in [5, 5.41) is 15.7. The lowest BCUT2D eigenvalue weighted by Gasteiger charge is -2.45. The number of hydrogen-bond acceptors (Lipinski definition) is 5. The van der Waals surface area contributed by atoms with Crippen LogP contribution in [0.4, 0.5) is 10.5 Å². The second kappa shape index (κ2) is 14.0. The van der Waals surface area contributed by atoms with Crippen molar-refractivity contribution in [3.8, 4) is 5.75 Å². The number of nitrogens with one attached hydrogen (secondary N) is 2. The first kappa shape index (κ1) is 34.2. The number of alkyl carbamates (subject to hydrolysis) is 1. The number of benzene rings is 3. The predicted molar refractivity (Wildman–Crippen MR) is 175 cm³/mol. The zero-order valence-corrected chi connectivity index (χ0v) is 27.4. The van der Waals surface area contributed by atoms with Crippen LogP contribution < -0.4 is 10.6 Å². The molecule has 0 aliphatic rings. The molecule has 236 valence electrons. The van der Waals surface area contributed by atoms with Crippen LogP contribution in [0.3, 0.4) is 0 Å². The van der Waals surface area contributed by atoms with Crippen LogP contribution in [-0.2, 0) is 20.7 Å². The fraction of sp³-hybridized carbons (Fsp3) is 0.417. The summed E-state index contributed by atoms with van der Waals surface area (Å²) < 4.78 is 5.55. The number of aryl methyl sites for hydroxylation is 2. The summed E-state index contributed by atoms with van der Waals surface area (Å²) in [6.45, 7) is 16.9. The zero-order valence-electron chi connectivity index (χ0n) is 27.4. The van der Waals surface area contributed by atoms with Crippen LogP contribution in [0.25, 0.3) is 0 Å². The molecule has 0 radical (unpaired) electrons. The van der Waals surface area contributed by atoms with Gasteiger partial charge in [-0.1, -0.05) is 55.5 Å². The molecule has 0 aromatic heterocycles. The molecule has 0 fully saturated rings. The maximum atomic E-state index is 14.9. The van der Waals surface area contributed by atoms with Crippen molar-refractivity contribution >= 4 is 23.6 Å². The van der Waals surface area contributed by atoms with Crippen LogP contribution in [0.1, 0.15) is 81.8 Å².